The summed E-state index contributed by atoms with van der Waals surface area (Å²) in [6.07, 6.45) is 1.04. The van der Waals surface area contributed by atoms with Gasteiger partial charge in [-0.15, -0.1) is 0 Å². The zero-order valence-electron chi connectivity index (χ0n) is 17.1. The minimum Gasteiger partial charge on any atom is -0.493 e. The maximum atomic E-state index is 12.7. The van der Waals surface area contributed by atoms with Crippen LogP contribution in [0.1, 0.15) is 36.2 Å². The molecule has 0 aromatic heterocycles. The summed E-state index contributed by atoms with van der Waals surface area (Å²) in [4.78, 5) is 38.0. The summed E-state index contributed by atoms with van der Waals surface area (Å²) in [5.74, 6) is -0.776. The molecule has 0 saturated carbocycles. The van der Waals surface area contributed by atoms with E-state index in [2.05, 4.69) is 10.6 Å². The Morgan fingerprint density at radius 2 is 1.90 bits per heavy atom. The molecule has 1 aromatic carbocycles. The lowest BCUT2D eigenvalue weighted by atomic mass is 9.92. The molecule has 0 bridgehead atoms. The summed E-state index contributed by atoms with van der Waals surface area (Å²) in [6.45, 7) is 3.37. The number of carbonyl (C=O) groups excluding carboxylic acids is 3. The lowest BCUT2D eigenvalue weighted by Gasteiger charge is -2.24. The molecule has 2 aliphatic rings. The number of rotatable bonds is 10. The first-order chi connectivity index (χ1) is 14.3. The third kappa shape index (κ3) is 4.80. The van der Waals surface area contributed by atoms with Crippen LogP contribution in [0.25, 0.3) is 0 Å². The normalized spacial score (nSPS) is 21.4. The van der Waals surface area contributed by atoms with Gasteiger partial charge in [-0.2, -0.15) is 0 Å². The summed E-state index contributed by atoms with van der Waals surface area (Å²) in [5, 5.41) is 24.2. The molecule has 30 heavy (non-hydrogen) atoms. The number of amides is 2. The highest BCUT2D eigenvalue weighted by atomic mass is 16.6. The van der Waals surface area contributed by atoms with E-state index in [0.717, 1.165) is 11.3 Å². The number of ether oxygens (including phenoxy) is 2. The van der Waals surface area contributed by atoms with Crippen LogP contribution in [0, 0.1) is 5.92 Å². The first-order valence-electron chi connectivity index (χ1n) is 10.1. The van der Waals surface area contributed by atoms with Crippen molar-refractivity contribution in [2.75, 3.05) is 26.4 Å². The Morgan fingerprint density at radius 1 is 1.17 bits per heavy atom. The van der Waals surface area contributed by atoms with Gasteiger partial charge in [0.15, 0.2) is 11.4 Å². The Hall–Kier alpha value is -2.49. The van der Waals surface area contributed by atoms with E-state index in [1.165, 1.54) is 0 Å². The van der Waals surface area contributed by atoms with Crippen molar-refractivity contribution < 1.29 is 34.1 Å². The second-order valence-corrected chi connectivity index (χ2v) is 8.13. The van der Waals surface area contributed by atoms with Crippen LogP contribution in [-0.4, -0.2) is 71.9 Å². The quantitative estimate of drug-likeness (QED) is 0.377. The summed E-state index contributed by atoms with van der Waals surface area (Å²) < 4.78 is 10.5. The molecular formula is C21H28N2O7. The van der Waals surface area contributed by atoms with Crippen LogP contribution in [0.5, 0.6) is 5.75 Å². The number of Topliss-reactive ketones (excluding diaryl/α,β-unsaturated/α-hetero) is 1. The predicted molar refractivity (Wildman–Crippen MR) is 106 cm³/mol. The van der Waals surface area contributed by atoms with Gasteiger partial charge in [0.2, 0.25) is 5.91 Å². The van der Waals surface area contributed by atoms with Gasteiger partial charge in [-0.1, -0.05) is 13.8 Å². The topological polar surface area (TPSA) is 137 Å². The molecule has 9 heteroatoms. The van der Waals surface area contributed by atoms with Gasteiger partial charge in [0.05, 0.1) is 32.5 Å². The lowest BCUT2D eigenvalue weighted by molar-refractivity contribution is -0.133. The zero-order chi connectivity index (χ0) is 21.9. The Bertz CT molecular complexity index is 820. The van der Waals surface area contributed by atoms with Gasteiger partial charge in [-0.3, -0.25) is 14.4 Å². The van der Waals surface area contributed by atoms with Crippen LogP contribution < -0.4 is 15.4 Å². The lowest BCUT2D eigenvalue weighted by Crippen LogP contribution is -2.55. The van der Waals surface area contributed by atoms with Crippen LogP contribution >= 0.6 is 0 Å². The van der Waals surface area contributed by atoms with Crippen LogP contribution in [0.4, 0.5) is 0 Å². The number of fused-ring (bicyclic) bond motifs is 1. The molecule has 2 amide bonds. The highest BCUT2D eigenvalue weighted by Gasteiger charge is 2.54. The van der Waals surface area contributed by atoms with Crippen molar-refractivity contribution in [3.05, 3.63) is 29.3 Å². The average molecular weight is 420 g/mol. The molecule has 1 aromatic rings. The molecule has 9 nitrogen and oxygen atoms in total. The van der Waals surface area contributed by atoms with Gasteiger partial charge < -0.3 is 30.3 Å². The first kappa shape index (κ1) is 22.2. The van der Waals surface area contributed by atoms with Crippen molar-refractivity contribution in [3.63, 3.8) is 0 Å². The molecule has 0 aliphatic carbocycles. The van der Waals surface area contributed by atoms with E-state index in [1.54, 1.807) is 18.2 Å². The molecule has 164 valence electrons. The molecular weight excluding hydrogens is 392 g/mol. The van der Waals surface area contributed by atoms with Crippen molar-refractivity contribution >= 4 is 17.6 Å². The highest BCUT2D eigenvalue weighted by Crippen LogP contribution is 2.30. The van der Waals surface area contributed by atoms with E-state index < -0.39 is 48.5 Å². The summed E-state index contributed by atoms with van der Waals surface area (Å²) >= 11 is 0. The van der Waals surface area contributed by atoms with E-state index in [4.69, 9.17) is 9.47 Å². The highest BCUT2D eigenvalue weighted by molar-refractivity contribution is 6.00. The van der Waals surface area contributed by atoms with E-state index in [-0.39, 0.29) is 12.5 Å². The standard InChI is InChI=1S/C21H28N2O7/c1-12(2)7-15(18(26)21(10-25)11-30-21)22-20(28)16(9-24)23-19(27)14-3-4-17-13(8-14)5-6-29-17/h3-4,8,12,15-16,24-25H,5-7,9-11H2,1-2H3,(H,22,28)(H,23,27)/t15?,16-,21?/m0/s1. The number of epoxide rings is 1. The number of hydrogen-bond donors (Lipinski definition) is 4. The zero-order valence-corrected chi connectivity index (χ0v) is 17.1. The smallest absolute Gasteiger partial charge is 0.252 e. The summed E-state index contributed by atoms with van der Waals surface area (Å²) in [7, 11) is 0. The van der Waals surface area contributed by atoms with Gasteiger partial charge in [0.25, 0.3) is 5.91 Å². The minimum absolute atomic E-state index is 0.0875. The number of hydrogen-bond acceptors (Lipinski definition) is 7. The van der Waals surface area contributed by atoms with Crippen molar-refractivity contribution in [1.82, 2.24) is 10.6 Å². The van der Waals surface area contributed by atoms with Gasteiger partial charge in [0, 0.05) is 12.0 Å². The fourth-order valence-electron chi connectivity index (χ4n) is 3.45. The SMILES string of the molecule is CC(C)CC(NC(=O)[C@H](CO)NC(=O)c1ccc2c(c1)CCO2)C(=O)C1(CO)CO1. The van der Waals surface area contributed by atoms with Crippen LogP contribution in [-0.2, 0) is 20.7 Å². The number of nitrogens with one attached hydrogen (secondary N) is 2. The minimum atomic E-state index is -1.27. The van der Waals surface area contributed by atoms with E-state index >= 15 is 0 Å². The number of benzene rings is 1. The van der Waals surface area contributed by atoms with Crippen LogP contribution in [0.15, 0.2) is 18.2 Å². The molecule has 4 N–H and O–H groups in total. The van der Waals surface area contributed by atoms with Crippen LogP contribution in [0.2, 0.25) is 0 Å². The Balaban J connectivity index is 1.66. The average Bonchev–Trinajstić information content (AvgIpc) is 3.39. The molecule has 1 saturated heterocycles. The van der Waals surface area contributed by atoms with Gasteiger partial charge in [-0.25, -0.2) is 0 Å². The van der Waals surface area contributed by atoms with E-state index in [9.17, 15) is 24.6 Å². The van der Waals surface area contributed by atoms with Gasteiger partial charge in [0.1, 0.15) is 11.8 Å². The molecule has 2 heterocycles. The molecule has 1 fully saturated rings. The van der Waals surface area contributed by atoms with Gasteiger partial charge in [-0.05, 0) is 36.1 Å². The second kappa shape index (κ2) is 9.11. The predicted octanol–water partition coefficient (Wildman–Crippen LogP) is -0.426. The molecule has 0 radical (unpaired) electrons. The van der Waals surface area contributed by atoms with E-state index in [0.29, 0.717) is 25.0 Å². The molecule has 3 atom stereocenters. The molecule has 2 aliphatic heterocycles. The third-order valence-electron chi connectivity index (χ3n) is 5.29. The third-order valence-corrected chi connectivity index (χ3v) is 5.29. The van der Waals surface area contributed by atoms with Crippen molar-refractivity contribution in [1.29, 1.82) is 0 Å². The van der Waals surface area contributed by atoms with E-state index in [1.807, 2.05) is 13.8 Å². The maximum Gasteiger partial charge on any atom is 0.252 e. The maximum absolute atomic E-state index is 12.7. The summed E-state index contributed by atoms with van der Waals surface area (Å²) in [6, 6.07) is 2.87. The van der Waals surface area contributed by atoms with Gasteiger partial charge >= 0.3 is 0 Å². The van der Waals surface area contributed by atoms with Crippen molar-refractivity contribution in [3.8, 4) is 5.75 Å². The fourth-order valence-corrected chi connectivity index (χ4v) is 3.45. The van der Waals surface area contributed by atoms with Crippen molar-refractivity contribution in [2.45, 2.75) is 44.4 Å². The monoisotopic (exact) mass is 420 g/mol. The molecule has 2 unspecified atom stereocenters. The molecule has 3 rings (SSSR count). The van der Waals surface area contributed by atoms with Crippen molar-refractivity contribution in [2.24, 2.45) is 5.92 Å². The van der Waals surface area contributed by atoms with Crippen LogP contribution in [0.3, 0.4) is 0 Å². The Labute approximate surface area is 174 Å². The number of aliphatic hydroxyl groups is 2. The number of aliphatic hydroxyl groups excluding tert-OH is 2. The first-order valence-corrected chi connectivity index (χ1v) is 10.1. The summed E-state index contributed by atoms with van der Waals surface area (Å²) in [5.41, 5.74) is -0.00279. The number of ketones is 1. The largest absolute Gasteiger partial charge is 0.493 e. The second-order valence-electron chi connectivity index (χ2n) is 8.13. The number of carbonyl (C=O) groups is 3. The Kier molecular flexibility index (Phi) is 6.74. The Morgan fingerprint density at radius 3 is 2.50 bits per heavy atom. The fraction of sp³-hybridized carbons (Fsp3) is 0.571. The molecule has 0 spiro atoms.